The van der Waals surface area contributed by atoms with Crippen LogP contribution in [-0.4, -0.2) is 35.5 Å². The largest absolute Gasteiger partial charge is 0.494 e. The van der Waals surface area contributed by atoms with E-state index in [1.807, 2.05) is 25.1 Å². The van der Waals surface area contributed by atoms with E-state index in [4.69, 9.17) is 9.47 Å². The predicted octanol–water partition coefficient (Wildman–Crippen LogP) is 4.47. The smallest absolute Gasteiger partial charge is 0.272 e. The summed E-state index contributed by atoms with van der Waals surface area (Å²) in [6.45, 7) is 2.49. The highest BCUT2D eigenvalue weighted by molar-refractivity contribution is 6.07. The van der Waals surface area contributed by atoms with Crippen LogP contribution >= 0.6 is 0 Å². The Morgan fingerprint density at radius 2 is 1.91 bits per heavy atom. The van der Waals surface area contributed by atoms with Crippen LogP contribution in [0.3, 0.4) is 0 Å². The Labute approximate surface area is 184 Å². The van der Waals surface area contributed by atoms with E-state index in [0.29, 0.717) is 35.0 Å². The molecule has 0 atom stereocenters. The molecule has 0 aliphatic rings. The summed E-state index contributed by atoms with van der Waals surface area (Å²) < 4.78 is 10.9. The molecule has 162 valence electrons. The zero-order valence-corrected chi connectivity index (χ0v) is 17.6. The quantitative estimate of drug-likeness (QED) is 0.401. The number of methoxy groups -OCH3 is 1. The molecule has 2 aromatic carbocycles. The molecule has 0 bridgehead atoms. The first-order valence-corrected chi connectivity index (χ1v) is 10.0. The molecule has 0 saturated carbocycles. The lowest BCUT2D eigenvalue weighted by Gasteiger charge is -2.12. The number of aromatic amines is 1. The number of fused-ring (bicyclic) bond motifs is 1. The fourth-order valence-corrected chi connectivity index (χ4v) is 3.25. The third-order valence-electron chi connectivity index (χ3n) is 4.78. The molecule has 8 nitrogen and oxygen atoms in total. The molecular weight excluding hydrogens is 408 g/mol. The van der Waals surface area contributed by atoms with Crippen LogP contribution in [0.5, 0.6) is 11.5 Å². The normalized spacial score (nSPS) is 10.6. The molecule has 2 heterocycles. The highest BCUT2D eigenvalue weighted by Gasteiger charge is 2.14. The summed E-state index contributed by atoms with van der Waals surface area (Å²) in [5.41, 5.74) is 2.67. The lowest BCUT2D eigenvalue weighted by molar-refractivity contribution is 0.101. The van der Waals surface area contributed by atoms with Crippen molar-refractivity contribution in [3.63, 3.8) is 0 Å². The summed E-state index contributed by atoms with van der Waals surface area (Å²) >= 11 is 0. The van der Waals surface area contributed by atoms with Crippen LogP contribution in [0.4, 0.5) is 11.4 Å². The van der Waals surface area contributed by atoms with Crippen LogP contribution < -0.4 is 20.1 Å². The van der Waals surface area contributed by atoms with Gasteiger partial charge in [0.25, 0.3) is 11.8 Å². The minimum Gasteiger partial charge on any atom is -0.494 e. The molecule has 2 amide bonds. The molecule has 8 heteroatoms. The summed E-state index contributed by atoms with van der Waals surface area (Å²) in [4.78, 5) is 32.2. The molecule has 0 fully saturated rings. The van der Waals surface area contributed by atoms with Crippen molar-refractivity contribution in [3.8, 4) is 11.5 Å². The topological polar surface area (TPSA) is 105 Å². The monoisotopic (exact) mass is 430 g/mol. The van der Waals surface area contributed by atoms with Gasteiger partial charge in [-0.2, -0.15) is 0 Å². The van der Waals surface area contributed by atoms with E-state index in [1.54, 1.807) is 42.6 Å². The molecule has 0 aliphatic carbocycles. The van der Waals surface area contributed by atoms with Crippen molar-refractivity contribution >= 4 is 34.1 Å². The van der Waals surface area contributed by atoms with E-state index >= 15 is 0 Å². The second kappa shape index (κ2) is 9.22. The second-order valence-electron chi connectivity index (χ2n) is 6.93. The van der Waals surface area contributed by atoms with Crippen molar-refractivity contribution < 1.29 is 19.1 Å². The number of nitrogens with one attached hydrogen (secondary N) is 3. The molecule has 4 aromatic rings. The Morgan fingerprint density at radius 3 is 2.66 bits per heavy atom. The van der Waals surface area contributed by atoms with E-state index in [-0.39, 0.29) is 11.8 Å². The van der Waals surface area contributed by atoms with Crippen LogP contribution in [0.25, 0.3) is 10.9 Å². The second-order valence-corrected chi connectivity index (χ2v) is 6.93. The molecule has 0 unspecified atom stereocenters. The number of hydrogen-bond donors (Lipinski definition) is 3. The lowest BCUT2D eigenvalue weighted by Crippen LogP contribution is -2.14. The highest BCUT2D eigenvalue weighted by Crippen LogP contribution is 2.29. The third-order valence-corrected chi connectivity index (χ3v) is 4.78. The van der Waals surface area contributed by atoms with Gasteiger partial charge >= 0.3 is 0 Å². The molecule has 0 aliphatic heterocycles. The molecular formula is C24H22N4O4. The molecule has 0 saturated heterocycles. The van der Waals surface area contributed by atoms with Gasteiger partial charge in [0.15, 0.2) is 0 Å². The summed E-state index contributed by atoms with van der Waals surface area (Å²) in [5, 5.41) is 6.54. The number of ether oxygens (including phenoxy) is 2. The summed E-state index contributed by atoms with van der Waals surface area (Å²) in [6, 6.07) is 15.8. The van der Waals surface area contributed by atoms with Crippen molar-refractivity contribution in [1.29, 1.82) is 0 Å². The van der Waals surface area contributed by atoms with Gasteiger partial charge in [0.05, 0.1) is 25.0 Å². The van der Waals surface area contributed by atoms with E-state index in [1.165, 1.54) is 13.3 Å². The van der Waals surface area contributed by atoms with Gasteiger partial charge in [-0.15, -0.1) is 0 Å². The molecule has 0 radical (unpaired) electrons. The molecule has 4 rings (SSSR count). The van der Waals surface area contributed by atoms with Crippen molar-refractivity contribution in [3.05, 3.63) is 78.2 Å². The molecule has 32 heavy (non-hydrogen) atoms. The maximum atomic E-state index is 12.8. The van der Waals surface area contributed by atoms with E-state index in [9.17, 15) is 9.59 Å². The van der Waals surface area contributed by atoms with Crippen molar-refractivity contribution in [2.45, 2.75) is 6.92 Å². The van der Waals surface area contributed by atoms with Crippen LogP contribution in [-0.2, 0) is 0 Å². The maximum Gasteiger partial charge on any atom is 0.272 e. The number of carbonyl (C=O) groups is 2. The number of aromatic nitrogens is 2. The minimum absolute atomic E-state index is 0.298. The number of rotatable bonds is 7. The van der Waals surface area contributed by atoms with Gasteiger partial charge < -0.3 is 25.1 Å². The van der Waals surface area contributed by atoms with Gasteiger partial charge in [0.2, 0.25) is 0 Å². The van der Waals surface area contributed by atoms with Crippen molar-refractivity contribution in [1.82, 2.24) is 9.97 Å². The van der Waals surface area contributed by atoms with Crippen molar-refractivity contribution in [2.24, 2.45) is 0 Å². The van der Waals surface area contributed by atoms with Crippen LogP contribution in [0.1, 0.15) is 27.8 Å². The van der Waals surface area contributed by atoms with Crippen LogP contribution in [0.2, 0.25) is 0 Å². The minimum atomic E-state index is -0.308. The first-order chi connectivity index (χ1) is 15.6. The number of anilines is 2. The van der Waals surface area contributed by atoms with E-state index < -0.39 is 0 Å². The number of benzene rings is 2. The average Bonchev–Trinajstić information content (AvgIpc) is 3.24. The Kier molecular flexibility index (Phi) is 6.03. The maximum absolute atomic E-state index is 12.8. The van der Waals surface area contributed by atoms with E-state index in [2.05, 4.69) is 20.6 Å². The number of carbonyl (C=O) groups excluding carboxylic acids is 2. The number of nitrogens with zero attached hydrogens (tertiary/aromatic N) is 1. The first-order valence-electron chi connectivity index (χ1n) is 10.0. The zero-order valence-electron chi connectivity index (χ0n) is 17.6. The van der Waals surface area contributed by atoms with Gasteiger partial charge in [0, 0.05) is 41.1 Å². The van der Waals surface area contributed by atoms with Gasteiger partial charge in [-0.05, 0) is 49.4 Å². The fourth-order valence-electron chi connectivity index (χ4n) is 3.25. The number of H-pyrrole nitrogens is 1. The molecule has 3 N–H and O–H groups in total. The Morgan fingerprint density at radius 1 is 1.03 bits per heavy atom. The van der Waals surface area contributed by atoms with Gasteiger partial charge in [-0.3, -0.25) is 14.6 Å². The van der Waals surface area contributed by atoms with Gasteiger partial charge in [-0.1, -0.05) is 0 Å². The average molecular weight is 430 g/mol. The number of pyridine rings is 1. The Balaban J connectivity index is 1.50. The first kappa shape index (κ1) is 20.9. The van der Waals surface area contributed by atoms with E-state index in [0.717, 1.165) is 16.7 Å². The zero-order chi connectivity index (χ0) is 22.5. The summed E-state index contributed by atoms with van der Waals surface area (Å²) in [5.74, 6) is 0.548. The third kappa shape index (κ3) is 4.54. The van der Waals surface area contributed by atoms with Gasteiger partial charge in [-0.25, -0.2) is 0 Å². The summed E-state index contributed by atoms with van der Waals surface area (Å²) in [7, 11) is 1.49. The predicted molar refractivity (Wildman–Crippen MR) is 123 cm³/mol. The van der Waals surface area contributed by atoms with Crippen LogP contribution in [0, 0.1) is 0 Å². The number of hydrogen-bond acceptors (Lipinski definition) is 5. The lowest BCUT2D eigenvalue weighted by atomic mass is 10.2. The number of amides is 2. The Bertz CT molecular complexity index is 1270. The molecule has 2 aromatic heterocycles. The van der Waals surface area contributed by atoms with Crippen molar-refractivity contribution in [2.75, 3.05) is 24.4 Å². The highest BCUT2D eigenvalue weighted by atomic mass is 16.5. The van der Waals surface area contributed by atoms with Gasteiger partial charge in [0.1, 0.15) is 17.2 Å². The standard InChI is InChI=1S/C24H22N4O4/c1-3-32-18-8-6-15-11-21(27-20(15)13-18)24(30)26-17-7-9-19(22(12-17)31-2)28-23(29)16-5-4-10-25-14-16/h4-14,27H,3H2,1-2H3,(H,26,30)(H,28,29). The fraction of sp³-hybridized carbons (Fsp3) is 0.125. The molecule has 0 spiro atoms. The van der Waals surface area contributed by atoms with Crippen LogP contribution in [0.15, 0.2) is 67.0 Å². The Hall–Kier alpha value is -4.33. The SMILES string of the molecule is CCOc1ccc2cc(C(=O)Nc3ccc(NC(=O)c4cccnc4)c(OC)c3)[nH]c2c1. The summed E-state index contributed by atoms with van der Waals surface area (Å²) in [6.07, 6.45) is 3.08.